The van der Waals surface area contributed by atoms with Crippen LogP contribution in [0.2, 0.25) is 0 Å². The Hall–Kier alpha value is -2.49. The van der Waals surface area contributed by atoms with Crippen LogP contribution in [-0.2, 0) is 39.8 Å². The lowest BCUT2D eigenvalue weighted by molar-refractivity contribution is -0.196. The number of aryl methyl sites for hydroxylation is 1. The number of carbonyl (C=O) groups is 3. The van der Waals surface area contributed by atoms with Crippen molar-refractivity contribution in [3.63, 3.8) is 0 Å². The maximum Gasteiger partial charge on any atom is 0.305 e. The summed E-state index contributed by atoms with van der Waals surface area (Å²) in [5.41, 5.74) is 0. The zero-order chi connectivity index (χ0) is 17.9. The van der Waals surface area contributed by atoms with Crippen molar-refractivity contribution < 1.29 is 37.9 Å². The van der Waals surface area contributed by atoms with E-state index in [1.54, 1.807) is 0 Å². The van der Waals surface area contributed by atoms with Crippen LogP contribution < -0.4 is 0 Å². The second-order valence-electron chi connectivity index (χ2n) is 5.08. The summed E-state index contributed by atoms with van der Waals surface area (Å²) in [5.74, 6) is -1.48. The summed E-state index contributed by atoms with van der Waals surface area (Å²) < 4.78 is 26.0. The molecule has 4 atom stereocenters. The van der Waals surface area contributed by atoms with Crippen LogP contribution >= 0.6 is 0 Å². The van der Waals surface area contributed by atoms with Gasteiger partial charge in [-0.25, -0.2) is 0 Å². The first-order chi connectivity index (χ1) is 11.3. The lowest BCUT2D eigenvalue weighted by Crippen LogP contribution is -2.39. The minimum absolute atomic E-state index is 0.0323. The normalized spacial score (nSPS) is 26.0. The molecule has 0 saturated carbocycles. The summed E-state index contributed by atoms with van der Waals surface area (Å²) >= 11 is 0. The smallest absolute Gasteiger partial charge is 0.305 e. The molecule has 1 aliphatic rings. The van der Waals surface area contributed by atoms with Crippen molar-refractivity contribution in [1.82, 2.24) is 10.1 Å². The summed E-state index contributed by atoms with van der Waals surface area (Å²) in [6.45, 7) is 5.36. The molecule has 0 spiro atoms. The highest BCUT2D eigenvalue weighted by atomic mass is 16.7. The van der Waals surface area contributed by atoms with Gasteiger partial charge in [0.15, 0.2) is 18.0 Å². The summed E-state index contributed by atoms with van der Waals surface area (Å²) in [6.07, 6.45) is -4.03. The zero-order valence-corrected chi connectivity index (χ0v) is 13.7. The molecule has 1 saturated heterocycles. The first-order valence-electron chi connectivity index (χ1n) is 7.31. The molecule has 0 radical (unpaired) electrons. The van der Waals surface area contributed by atoms with Crippen LogP contribution in [0.4, 0.5) is 0 Å². The molecule has 10 nitrogen and oxygen atoms in total. The second kappa shape index (κ2) is 7.39. The Bertz CT molecular complexity index is 628. The molecule has 0 aromatic carbocycles. The molecule has 0 unspecified atom stereocenters. The Balaban J connectivity index is 2.34. The van der Waals surface area contributed by atoms with Crippen LogP contribution in [0, 0.1) is 0 Å². The van der Waals surface area contributed by atoms with Crippen molar-refractivity contribution in [3.05, 3.63) is 11.7 Å². The fourth-order valence-electron chi connectivity index (χ4n) is 2.25. The monoisotopic (exact) mass is 342 g/mol. The SMILES string of the molecule is CCc1noc([C@H]2O[C@H](OC(C)=O)[C@H](OC(C)=O)[C@@H]2OC(C)=O)n1. The van der Waals surface area contributed by atoms with Gasteiger partial charge in [0.05, 0.1) is 0 Å². The molecule has 2 rings (SSSR count). The Kier molecular flexibility index (Phi) is 5.50. The summed E-state index contributed by atoms with van der Waals surface area (Å²) in [7, 11) is 0. The van der Waals surface area contributed by atoms with Crippen LogP contribution in [-0.4, -0.2) is 46.5 Å². The van der Waals surface area contributed by atoms with E-state index in [0.717, 1.165) is 0 Å². The van der Waals surface area contributed by atoms with Gasteiger partial charge in [-0.2, -0.15) is 4.98 Å². The van der Waals surface area contributed by atoms with Gasteiger partial charge in [0.1, 0.15) is 0 Å². The van der Waals surface area contributed by atoms with Crippen LogP contribution in [0.3, 0.4) is 0 Å². The highest BCUT2D eigenvalue weighted by Gasteiger charge is 2.53. The van der Waals surface area contributed by atoms with Gasteiger partial charge in [-0.05, 0) is 0 Å². The van der Waals surface area contributed by atoms with Gasteiger partial charge in [0, 0.05) is 27.2 Å². The van der Waals surface area contributed by atoms with E-state index < -0.39 is 42.5 Å². The van der Waals surface area contributed by atoms with Crippen molar-refractivity contribution in [1.29, 1.82) is 0 Å². The van der Waals surface area contributed by atoms with E-state index in [4.69, 9.17) is 23.5 Å². The first kappa shape index (κ1) is 17.9. The maximum absolute atomic E-state index is 11.4. The van der Waals surface area contributed by atoms with Crippen LogP contribution in [0.1, 0.15) is 45.5 Å². The topological polar surface area (TPSA) is 127 Å². The molecule has 0 bridgehead atoms. The zero-order valence-electron chi connectivity index (χ0n) is 13.7. The lowest BCUT2D eigenvalue weighted by atomic mass is 10.1. The minimum Gasteiger partial charge on any atom is -0.455 e. The fraction of sp³-hybridized carbons (Fsp3) is 0.643. The van der Waals surface area contributed by atoms with E-state index in [1.807, 2.05) is 6.92 Å². The molecule has 1 aromatic heterocycles. The van der Waals surface area contributed by atoms with Crippen LogP contribution in [0.15, 0.2) is 4.52 Å². The number of carbonyl (C=O) groups excluding carboxylic acids is 3. The third-order valence-electron chi connectivity index (χ3n) is 3.10. The molecular formula is C14H18N2O8. The Morgan fingerprint density at radius 1 is 1.00 bits per heavy atom. The van der Waals surface area contributed by atoms with E-state index in [2.05, 4.69) is 10.1 Å². The molecule has 1 aromatic rings. The number of rotatable bonds is 5. The van der Waals surface area contributed by atoms with Crippen molar-refractivity contribution in [3.8, 4) is 0 Å². The van der Waals surface area contributed by atoms with Gasteiger partial charge in [0.25, 0.3) is 5.89 Å². The molecular weight excluding hydrogens is 324 g/mol. The van der Waals surface area contributed by atoms with E-state index in [1.165, 1.54) is 20.8 Å². The number of nitrogens with zero attached hydrogens (tertiary/aromatic N) is 2. The van der Waals surface area contributed by atoms with E-state index >= 15 is 0 Å². The minimum atomic E-state index is -1.27. The number of hydrogen-bond acceptors (Lipinski definition) is 10. The fourth-order valence-corrected chi connectivity index (χ4v) is 2.25. The van der Waals surface area contributed by atoms with Crippen molar-refractivity contribution in [2.24, 2.45) is 0 Å². The number of hydrogen-bond donors (Lipinski definition) is 0. The highest BCUT2D eigenvalue weighted by molar-refractivity contribution is 5.68. The number of aromatic nitrogens is 2. The molecule has 0 N–H and O–H groups in total. The molecule has 10 heteroatoms. The predicted octanol–water partition coefficient (Wildman–Crippen LogP) is 0.456. The van der Waals surface area contributed by atoms with Crippen molar-refractivity contribution in [2.45, 2.75) is 58.7 Å². The summed E-state index contributed by atoms with van der Waals surface area (Å²) in [4.78, 5) is 38.1. The standard InChI is InChI=1S/C14H18N2O8/c1-5-9-15-13(24-16-9)11-10(20-6(2)17)12(21-7(3)18)14(23-11)22-8(4)19/h10-12,14H,5H2,1-4H3/t10-,11+,12-,14+/m1/s1. The highest BCUT2D eigenvalue weighted by Crippen LogP contribution is 2.37. The molecule has 24 heavy (non-hydrogen) atoms. The van der Waals surface area contributed by atoms with Crippen LogP contribution in [0.25, 0.3) is 0 Å². The Morgan fingerprint density at radius 3 is 2.08 bits per heavy atom. The molecule has 132 valence electrons. The van der Waals surface area contributed by atoms with Crippen molar-refractivity contribution in [2.75, 3.05) is 0 Å². The lowest BCUT2D eigenvalue weighted by Gasteiger charge is -2.21. The number of esters is 3. The Morgan fingerprint density at radius 2 is 1.58 bits per heavy atom. The second-order valence-corrected chi connectivity index (χ2v) is 5.08. The first-order valence-corrected chi connectivity index (χ1v) is 7.31. The maximum atomic E-state index is 11.4. The largest absolute Gasteiger partial charge is 0.455 e. The Labute approximate surface area is 137 Å². The van der Waals surface area contributed by atoms with Gasteiger partial charge in [-0.3, -0.25) is 14.4 Å². The summed E-state index contributed by atoms with van der Waals surface area (Å²) in [5, 5.41) is 3.74. The third-order valence-corrected chi connectivity index (χ3v) is 3.10. The summed E-state index contributed by atoms with van der Waals surface area (Å²) in [6, 6.07) is 0. The van der Waals surface area contributed by atoms with Gasteiger partial charge < -0.3 is 23.5 Å². The predicted molar refractivity (Wildman–Crippen MR) is 74.2 cm³/mol. The van der Waals surface area contributed by atoms with E-state index in [0.29, 0.717) is 12.2 Å². The van der Waals surface area contributed by atoms with E-state index in [-0.39, 0.29) is 5.89 Å². The van der Waals surface area contributed by atoms with Gasteiger partial charge in [-0.1, -0.05) is 12.1 Å². The average molecular weight is 342 g/mol. The molecule has 1 fully saturated rings. The molecule has 0 aliphatic carbocycles. The van der Waals surface area contributed by atoms with Crippen molar-refractivity contribution >= 4 is 17.9 Å². The van der Waals surface area contributed by atoms with Crippen LogP contribution in [0.5, 0.6) is 0 Å². The molecule has 1 aliphatic heterocycles. The van der Waals surface area contributed by atoms with E-state index in [9.17, 15) is 14.4 Å². The molecule has 2 heterocycles. The average Bonchev–Trinajstić information content (AvgIpc) is 3.05. The van der Waals surface area contributed by atoms with Gasteiger partial charge in [-0.15, -0.1) is 0 Å². The van der Waals surface area contributed by atoms with Gasteiger partial charge in [0.2, 0.25) is 12.4 Å². The quantitative estimate of drug-likeness (QED) is 0.549. The van der Waals surface area contributed by atoms with Gasteiger partial charge >= 0.3 is 17.9 Å². The number of ether oxygens (including phenoxy) is 4. The molecule has 0 amide bonds. The third kappa shape index (κ3) is 4.07.